The van der Waals surface area contributed by atoms with Crippen LogP contribution in [0.25, 0.3) is 6.08 Å². The molecule has 0 N–H and O–H groups in total. The van der Waals surface area contributed by atoms with Crippen molar-refractivity contribution in [2.45, 2.75) is 32.1 Å². The first-order chi connectivity index (χ1) is 13.3. The van der Waals surface area contributed by atoms with Gasteiger partial charge in [-0.05, 0) is 49.1 Å². The van der Waals surface area contributed by atoms with Crippen LogP contribution in [-0.4, -0.2) is 31.6 Å². The number of Topliss-reactive ketones (excluding diaryl/α,β-unsaturated/α-hetero) is 1. The Morgan fingerprint density at radius 2 is 1.68 bits per heavy atom. The second-order valence-corrected chi connectivity index (χ2v) is 8.97. The summed E-state index contributed by atoms with van der Waals surface area (Å²) in [6.07, 6.45) is 2.67. The Bertz CT molecular complexity index is 1030. The molecule has 146 valence electrons. The zero-order valence-corrected chi connectivity index (χ0v) is 17.3. The summed E-state index contributed by atoms with van der Waals surface area (Å²) in [7, 11) is -3.70. The number of benzene rings is 2. The van der Waals surface area contributed by atoms with Crippen molar-refractivity contribution in [2.75, 3.05) is 13.1 Å². The highest BCUT2D eigenvalue weighted by Crippen LogP contribution is 2.31. The third-order valence-electron chi connectivity index (χ3n) is 5.01. The van der Waals surface area contributed by atoms with Gasteiger partial charge in [0.2, 0.25) is 10.0 Å². The first-order valence-corrected chi connectivity index (χ1v) is 10.8. The molecule has 0 atom stereocenters. The number of carbonyl (C=O) groups excluding carboxylic acids is 1. The Balaban J connectivity index is 2.08. The molecule has 1 heterocycles. The van der Waals surface area contributed by atoms with Gasteiger partial charge in [0.05, 0.1) is 4.90 Å². The standard InChI is InChI=1S/C23H25NO3S/c1-4-22-20(14-19-8-6-5-7-9-19)15-24(16-23(22)18(3)25)28(26,27)21-12-10-17(2)11-13-21/h5-14H,4,15-16H2,1-3H3/b20-14-. The smallest absolute Gasteiger partial charge is 0.243 e. The van der Waals surface area contributed by atoms with E-state index in [2.05, 4.69) is 0 Å². The van der Waals surface area contributed by atoms with Crippen molar-refractivity contribution in [3.05, 3.63) is 82.4 Å². The summed E-state index contributed by atoms with van der Waals surface area (Å²) in [6, 6.07) is 16.6. The molecular formula is C23H25NO3S. The van der Waals surface area contributed by atoms with Gasteiger partial charge in [0, 0.05) is 18.7 Å². The van der Waals surface area contributed by atoms with Gasteiger partial charge in [-0.25, -0.2) is 8.42 Å². The van der Waals surface area contributed by atoms with E-state index in [0.29, 0.717) is 12.0 Å². The molecule has 0 aliphatic carbocycles. The van der Waals surface area contributed by atoms with E-state index in [1.54, 1.807) is 24.3 Å². The first kappa shape index (κ1) is 20.2. The lowest BCUT2D eigenvalue weighted by atomic mass is 9.91. The fraction of sp³-hybridized carbons (Fsp3) is 0.261. The summed E-state index contributed by atoms with van der Waals surface area (Å²) < 4.78 is 27.9. The quantitative estimate of drug-likeness (QED) is 0.755. The molecule has 0 unspecified atom stereocenters. The Morgan fingerprint density at radius 3 is 2.25 bits per heavy atom. The van der Waals surface area contributed by atoms with Crippen LogP contribution in [0.3, 0.4) is 0 Å². The maximum Gasteiger partial charge on any atom is 0.243 e. The van der Waals surface area contributed by atoms with Crippen LogP contribution >= 0.6 is 0 Å². The van der Waals surface area contributed by atoms with Gasteiger partial charge in [0.1, 0.15) is 0 Å². The van der Waals surface area contributed by atoms with E-state index in [4.69, 9.17) is 0 Å². The molecule has 3 rings (SSSR count). The Kier molecular flexibility index (Phi) is 5.96. The molecule has 0 radical (unpaired) electrons. The third kappa shape index (κ3) is 4.16. The normalized spacial score (nSPS) is 17.2. The van der Waals surface area contributed by atoms with Gasteiger partial charge in [0.15, 0.2) is 5.78 Å². The van der Waals surface area contributed by atoms with E-state index in [1.807, 2.05) is 50.3 Å². The van der Waals surface area contributed by atoms with Gasteiger partial charge in [-0.1, -0.05) is 61.0 Å². The highest BCUT2D eigenvalue weighted by molar-refractivity contribution is 7.89. The van der Waals surface area contributed by atoms with E-state index < -0.39 is 10.0 Å². The van der Waals surface area contributed by atoms with Crippen LogP contribution in [-0.2, 0) is 14.8 Å². The maximum absolute atomic E-state index is 13.2. The lowest BCUT2D eigenvalue weighted by Crippen LogP contribution is -2.39. The zero-order valence-electron chi connectivity index (χ0n) is 16.5. The molecule has 1 aliphatic rings. The third-order valence-corrected chi connectivity index (χ3v) is 6.82. The first-order valence-electron chi connectivity index (χ1n) is 9.38. The molecule has 0 aromatic heterocycles. The summed E-state index contributed by atoms with van der Waals surface area (Å²) in [5.41, 5.74) is 4.39. The van der Waals surface area contributed by atoms with E-state index in [-0.39, 0.29) is 23.8 Å². The molecule has 0 amide bonds. The van der Waals surface area contributed by atoms with Gasteiger partial charge in [0.25, 0.3) is 0 Å². The second-order valence-electron chi connectivity index (χ2n) is 7.03. The van der Waals surface area contributed by atoms with Crippen LogP contribution in [0.4, 0.5) is 0 Å². The van der Waals surface area contributed by atoms with Crippen molar-refractivity contribution in [3.63, 3.8) is 0 Å². The average molecular weight is 396 g/mol. The molecule has 1 aliphatic heterocycles. The molecule has 0 fully saturated rings. The number of carbonyl (C=O) groups is 1. The number of aryl methyl sites for hydroxylation is 1. The van der Waals surface area contributed by atoms with E-state index in [9.17, 15) is 13.2 Å². The van der Waals surface area contributed by atoms with Crippen LogP contribution < -0.4 is 0 Å². The minimum Gasteiger partial charge on any atom is -0.295 e. The highest BCUT2D eigenvalue weighted by atomic mass is 32.2. The number of sulfonamides is 1. The fourth-order valence-corrected chi connectivity index (χ4v) is 4.87. The lowest BCUT2D eigenvalue weighted by Gasteiger charge is -2.31. The molecule has 28 heavy (non-hydrogen) atoms. The molecule has 0 spiro atoms. The summed E-state index contributed by atoms with van der Waals surface area (Å²) in [5.74, 6) is -0.0837. The molecular weight excluding hydrogens is 370 g/mol. The lowest BCUT2D eigenvalue weighted by molar-refractivity contribution is -0.113. The van der Waals surface area contributed by atoms with E-state index >= 15 is 0 Å². The average Bonchev–Trinajstić information content (AvgIpc) is 2.68. The molecule has 0 saturated heterocycles. The molecule has 2 aromatic carbocycles. The minimum absolute atomic E-state index is 0.0837. The van der Waals surface area contributed by atoms with Crippen LogP contribution in [0.5, 0.6) is 0 Å². The predicted molar refractivity (Wildman–Crippen MR) is 112 cm³/mol. The number of rotatable bonds is 5. The Morgan fingerprint density at radius 1 is 1.04 bits per heavy atom. The fourth-order valence-electron chi connectivity index (χ4n) is 3.48. The van der Waals surface area contributed by atoms with Gasteiger partial charge in [-0.15, -0.1) is 0 Å². The number of nitrogens with zero attached hydrogens (tertiary/aromatic N) is 1. The predicted octanol–water partition coefficient (Wildman–Crippen LogP) is 4.38. The van der Waals surface area contributed by atoms with Crippen molar-refractivity contribution in [1.82, 2.24) is 4.31 Å². The summed E-state index contributed by atoms with van der Waals surface area (Å²) in [6.45, 7) is 5.79. The van der Waals surface area contributed by atoms with Crippen molar-refractivity contribution in [1.29, 1.82) is 0 Å². The van der Waals surface area contributed by atoms with Crippen LogP contribution in [0.15, 0.2) is 76.2 Å². The molecule has 0 saturated carbocycles. The number of hydrogen-bond acceptors (Lipinski definition) is 3. The summed E-state index contributed by atoms with van der Waals surface area (Å²) >= 11 is 0. The second kappa shape index (κ2) is 8.25. The van der Waals surface area contributed by atoms with Crippen molar-refractivity contribution in [3.8, 4) is 0 Å². The van der Waals surface area contributed by atoms with Crippen LogP contribution in [0.2, 0.25) is 0 Å². The zero-order chi connectivity index (χ0) is 20.3. The highest BCUT2D eigenvalue weighted by Gasteiger charge is 2.32. The van der Waals surface area contributed by atoms with E-state index in [1.165, 1.54) is 11.2 Å². The van der Waals surface area contributed by atoms with Crippen LogP contribution in [0.1, 0.15) is 31.4 Å². The van der Waals surface area contributed by atoms with Gasteiger partial charge < -0.3 is 0 Å². The summed E-state index contributed by atoms with van der Waals surface area (Å²) in [5, 5.41) is 0. The Labute approximate surface area is 167 Å². The van der Waals surface area contributed by atoms with Gasteiger partial charge in [-0.2, -0.15) is 4.31 Å². The molecule has 0 bridgehead atoms. The van der Waals surface area contributed by atoms with Crippen LogP contribution in [0, 0.1) is 6.92 Å². The minimum atomic E-state index is -3.70. The van der Waals surface area contributed by atoms with E-state index in [0.717, 1.165) is 22.3 Å². The van der Waals surface area contributed by atoms with Crippen molar-refractivity contribution < 1.29 is 13.2 Å². The molecule has 4 nitrogen and oxygen atoms in total. The monoisotopic (exact) mass is 395 g/mol. The number of ketones is 1. The molecule has 5 heteroatoms. The largest absolute Gasteiger partial charge is 0.295 e. The Hall–Kier alpha value is -2.50. The topological polar surface area (TPSA) is 54.5 Å². The number of hydrogen-bond donors (Lipinski definition) is 0. The molecule has 2 aromatic rings. The summed E-state index contributed by atoms with van der Waals surface area (Å²) in [4.78, 5) is 12.6. The van der Waals surface area contributed by atoms with Gasteiger partial charge in [-0.3, -0.25) is 4.79 Å². The SMILES string of the molecule is CCC1=C(C(C)=O)CN(S(=O)(=O)c2ccc(C)cc2)C/C1=C/c1ccccc1. The van der Waals surface area contributed by atoms with Crippen molar-refractivity contribution >= 4 is 21.9 Å². The maximum atomic E-state index is 13.2. The van der Waals surface area contributed by atoms with Gasteiger partial charge >= 0.3 is 0 Å². The van der Waals surface area contributed by atoms with Crippen molar-refractivity contribution in [2.24, 2.45) is 0 Å².